The lowest BCUT2D eigenvalue weighted by atomic mass is 9.98. The molecule has 0 heterocycles. The van der Waals surface area contributed by atoms with E-state index in [1.54, 1.807) is 6.07 Å². The molecule has 0 saturated heterocycles. The first-order valence-corrected chi connectivity index (χ1v) is 6.63. The highest BCUT2D eigenvalue weighted by Crippen LogP contribution is 2.30. The number of unbranched alkanes of at least 4 members (excludes halogenated alkanes) is 1. The Balaban J connectivity index is 3.41. The van der Waals surface area contributed by atoms with E-state index in [4.69, 9.17) is 0 Å². The predicted molar refractivity (Wildman–Crippen MR) is 80.7 cm³/mol. The topological polar surface area (TPSA) is 43.8 Å². The smallest absolute Gasteiger partial charge is 0.336 e. The average Bonchev–Trinajstić information content (AvgIpc) is 2.34. The van der Waals surface area contributed by atoms with Gasteiger partial charge in [0, 0.05) is 39.6 Å². The number of aromatic carboxylic acids is 1. The van der Waals surface area contributed by atoms with Gasteiger partial charge in [-0.2, -0.15) is 0 Å². The van der Waals surface area contributed by atoms with Crippen LogP contribution < -0.4 is 9.80 Å². The van der Waals surface area contributed by atoms with Gasteiger partial charge in [-0.3, -0.25) is 0 Å². The fourth-order valence-corrected chi connectivity index (χ4v) is 2.11. The number of nitrogens with zero attached hydrogens (tertiary/aromatic N) is 2. The van der Waals surface area contributed by atoms with Crippen molar-refractivity contribution in [1.82, 2.24) is 0 Å². The summed E-state index contributed by atoms with van der Waals surface area (Å²) in [6, 6.07) is 3.82. The van der Waals surface area contributed by atoms with E-state index >= 15 is 0 Å². The Hall–Kier alpha value is -1.71. The number of benzene rings is 1. The molecule has 0 aliphatic rings. The Morgan fingerprint density at radius 1 is 1.16 bits per heavy atom. The van der Waals surface area contributed by atoms with Gasteiger partial charge in [0.25, 0.3) is 0 Å². The van der Waals surface area contributed by atoms with Gasteiger partial charge >= 0.3 is 5.97 Å². The summed E-state index contributed by atoms with van der Waals surface area (Å²) in [5.41, 5.74) is 3.27. The molecule has 4 nitrogen and oxygen atoms in total. The maximum Gasteiger partial charge on any atom is 0.336 e. The molecule has 0 saturated carbocycles. The van der Waals surface area contributed by atoms with Crippen LogP contribution in [0.15, 0.2) is 12.1 Å². The fraction of sp³-hybridized carbons (Fsp3) is 0.533. The molecule has 0 fully saturated rings. The fourth-order valence-electron chi connectivity index (χ4n) is 2.11. The van der Waals surface area contributed by atoms with Crippen LogP contribution in [0.25, 0.3) is 0 Å². The summed E-state index contributed by atoms with van der Waals surface area (Å²) < 4.78 is 0. The van der Waals surface area contributed by atoms with E-state index in [-0.39, 0.29) is 0 Å². The quantitative estimate of drug-likeness (QED) is 0.858. The monoisotopic (exact) mass is 264 g/mol. The van der Waals surface area contributed by atoms with Crippen molar-refractivity contribution in [2.75, 3.05) is 38.0 Å². The van der Waals surface area contributed by atoms with Crippen molar-refractivity contribution in [2.24, 2.45) is 0 Å². The summed E-state index contributed by atoms with van der Waals surface area (Å²) >= 11 is 0. The maximum absolute atomic E-state index is 11.5. The van der Waals surface area contributed by atoms with E-state index in [0.717, 1.165) is 36.2 Å². The number of rotatable bonds is 6. The molecule has 0 amide bonds. The van der Waals surface area contributed by atoms with Crippen LogP contribution in [-0.2, 0) is 6.42 Å². The van der Waals surface area contributed by atoms with Crippen LogP contribution >= 0.6 is 0 Å². The number of anilines is 2. The molecular weight excluding hydrogens is 240 g/mol. The zero-order valence-electron chi connectivity index (χ0n) is 12.5. The minimum Gasteiger partial charge on any atom is -0.478 e. The third kappa shape index (κ3) is 3.63. The highest BCUT2D eigenvalue weighted by Gasteiger charge is 2.17. The lowest BCUT2D eigenvalue weighted by molar-refractivity contribution is 0.0695. The molecule has 1 aromatic carbocycles. The van der Waals surface area contributed by atoms with Gasteiger partial charge in [0.2, 0.25) is 0 Å². The molecule has 106 valence electrons. The summed E-state index contributed by atoms with van der Waals surface area (Å²) in [6.07, 6.45) is 2.86. The van der Waals surface area contributed by atoms with Gasteiger partial charge in [0.1, 0.15) is 0 Å². The minimum absolute atomic E-state index is 0.420. The van der Waals surface area contributed by atoms with Gasteiger partial charge in [0.05, 0.1) is 5.56 Å². The van der Waals surface area contributed by atoms with Gasteiger partial charge < -0.3 is 14.9 Å². The van der Waals surface area contributed by atoms with Crippen LogP contribution in [0.3, 0.4) is 0 Å². The van der Waals surface area contributed by atoms with Gasteiger partial charge in [-0.1, -0.05) is 13.3 Å². The largest absolute Gasteiger partial charge is 0.478 e. The summed E-state index contributed by atoms with van der Waals surface area (Å²) in [4.78, 5) is 15.4. The van der Waals surface area contributed by atoms with Crippen molar-refractivity contribution in [3.05, 3.63) is 23.3 Å². The molecule has 19 heavy (non-hydrogen) atoms. The predicted octanol–water partition coefficient (Wildman–Crippen LogP) is 2.86. The highest BCUT2D eigenvalue weighted by atomic mass is 16.4. The Kier molecular flexibility index (Phi) is 5.21. The van der Waals surface area contributed by atoms with Crippen molar-refractivity contribution < 1.29 is 9.90 Å². The molecule has 0 radical (unpaired) electrons. The normalized spacial score (nSPS) is 10.4. The van der Waals surface area contributed by atoms with Crippen LogP contribution in [-0.4, -0.2) is 39.3 Å². The Labute approximate surface area is 115 Å². The molecule has 4 heteroatoms. The van der Waals surface area contributed by atoms with Crippen LogP contribution in [0.1, 0.15) is 35.7 Å². The first kappa shape index (κ1) is 15.3. The molecule has 0 unspecified atom stereocenters. The van der Waals surface area contributed by atoms with Crippen LogP contribution in [0.5, 0.6) is 0 Å². The first-order valence-electron chi connectivity index (χ1n) is 6.63. The summed E-state index contributed by atoms with van der Waals surface area (Å²) in [5, 5.41) is 9.44. The number of carboxylic acid groups (broad SMARTS) is 1. The lowest BCUT2D eigenvalue weighted by Gasteiger charge is -2.23. The van der Waals surface area contributed by atoms with E-state index in [9.17, 15) is 9.90 Å². The molecule has 0 bridgehead atoms. The van der Waals surface area contributed by atoms with Crippen LogP contribution in [0.4, 0.5) is 11.4 Å². The molecule has 0 aliphatic heterocycles. The summed E-state index contributed by atoms with van der Waals surface area (Å²) in [6.45, 7) is 2.12. The molecule has 0 aromatic heterocycles. The van der Waals surface area contributed by atoms with Crippen LogP contribution in [0, 0.1) is 0 Å². The van der Waals surface area contributed by atoms with Crippen molar-refractivity contribution in [3.8, 4) is 0 Å². The summed E-state index contributed by atoms with van der Waals surface area (Å²) in [7, 11) is 7.75. The number of hydrogen-bond acceptors (Lipinski definition) is 3. The minimum atomic E-state index is -0.849. The zero-order chi connectivity index (χ0) is 14.6. The zero-order valence-corrected chi connectivity index (χ0v) is 12.5. The van der Waals surface area contributed by atoms with Crippen molar-refractivity contribution >= 4 is 17.3 Å². The molecule has 1 aromatic rings. The molecule has 0 spiro atoms. The molecule has 0 aliphatic carbocycles. The standard InChI is InChI=1S/C15H24N2O2/c1-6-7-8-12-13(15(18)19)9-11(16(2)3)10-14(12)17(4)5/h9-10H,6-8H2,1-5H3,(H,18,19). The first-order chi connectivity index (χ1) is 8.88. The van der Waals surface area contributed by atoms with Gasteiger partial charge in [-0.05, 0) is 30.5 Å². The van der Waals surface area contributed by atoms with E-state index < -0.39 is 5.97 Å². The summed E-state index contributed by atoms with van der Waals surface area (Å²) in [5.74, 6) is -0.849. The van der Waals surface area contributed by atoms with E-state index in [2.05, 4.69) is 13.0 Å². The molecule has 1 rings (SSSR count). The van der Waals surface area contributed by atoms with Crippen LogP contribution in [0.2, 0.25) is 0 Å². The molecule has 0 atom stereocenters. The third-order valence-electron chi connectivity index (χ3n) is 3.22. The van der Waals surface area contributed by atoms with Gasteiger partial charge in [-0.25, -0.2) is 4.79 Å². The van der Waals surface area contributed by atoms with Crippen molar-refractivity contribution in [2.45, 2.75) is 26.2 Å². The number of carboxylic acids is 1. The lowest BCUT2D eigenvalue weighted by Crippen LogP contribution is -2.17. The number of carbonyl (C=O) groups is 1. The highest BCUT2D eigenvalue weighted by molar-refractivity contribution is 5.93. The van der Waals surface area contributed by atoms with Gasteiger partial charge in [0.15, 0.2) is 0 Å². The van der Waals surface area contributed by atoms with Gasteiger partial charge in [-0.15, -0.1) is 0 Å². The second-order valence-electron chi connectivity index (χ2n) is 5.19. The second kappa shape index (κ2) is 6.45. The molecule has 1 N–H and O–H groups in total. The number of hydrogen-bond donors (Lipinski definition) is 1. The van der Waals surface area contributed by atoms with E-state index in [1.807, 2.05) is 38.0 Å². The average molecular weight is 264 g/mol. The van der Waals surface area contributed by atoms with Crippen molar-refractivity contribution in [3.63, 3.8) is 0 Å². The SMILES string of the molecule is CCCCc1c(C(=O)O)cc(N(C)C)cc1N(C)C. The maximum atomic E-state index is 11.5. The Morgan fingerprint density at radius 3 is 2.21 bits per heavy atom. The molecular formula is C15H24N2O2. The Bertz CT molecular complexity index is 454. The Morgan fingerprint density at radius 2 is 1.79 bits per heavy atom. The second-order valence-corrected chi connectivity index (χ2v) is 5.19. The third-order valence-corrected chi connectivity index (χ3v) is 3.22. The van der Waals surface area contributed by atoms with E-state index in [1.165, 1.54) is 0 Å². The van der Waals surface area contributed by atoms with Crippen molar-refractivity contribution in [1.29, 1.82) is 0 Å². The van der Waals surface area contributed by atoms with E-state index in [0.29, 0.717) is 5.56 Å².